The van der Waals surface area contributed by atoms with Gasteiger partial charge in [0.05, 0.1) is 33.4 Å². The zero-order chi connectivity index (χ0) is 23.2. The van der Waals surface area contributed by atoms with Crippen LogP contribution in [0, 0.1) is 0 Å². The summed E-state index contributed by atoms with van der Waals surface area (Å²) in [6, 6.07) is 20.4. The van der Waals surface area contributed by atoms with Crippen molar-refractivity contribution in [2.45, 2.75) is 13.0 Å². The van der Waals surface area contributed by atoms with Crippen LogP contribution in [0.5, 0.6) is 11.5 Å². The van der Waals surface area contributed by atoms with Crippen LogP contribution in [0.25, 0.3) is 11.0 Å². The first-order valence-electron chi connectivity index (χ1n) is 11.0. The number of benzene rings is 3. The maximum Gasteiger partial charge on any atom is 0.255 e. The van der Waals surface area contributed by atoms with E-state index in [1.807, 2.05) is 61.5 Å². The van der Waals surface area contributed by atoms with Crippen LogP contribution < -0.4 is 20.1 Å². The molecule has 0 spiro atoms. The van der Waals surface area contributed by atoms with Crippen LogP contribution in [0.2, 0.25) is 5.02 Å². The smallest absolute Gasteiger partial charge is 0.255 e. The third kappa shape index (κ3) is 3.36. The largest absolute Gasteiger partial charge is 0.486 e. The van der Waals surface area contributed by atoms with Gasteiger partial charge in [-0.05, 0) is 48.9 Å². The molecule has 0 fully saturated rings. The predicted molar refractivity (Wildman–Crippen MR) is 132 cm³/mol. The molecule has 0 saturated carbocycles. The molecule has 0 saturated heterocycles. The van der Waals surface area contributed by atoms with E-state index in [0.717, 1.165) is 16.6 Å². The maximum absolute atomic E-state index is 13.7. The van der Waals surface area contributed by atoms with E-state index in [1.54, 1.807) is 12.1 Å². The van der Waals surface area contributed by atoms with Crippen LogP contribution in [-0.4, -0.2) is 28.7 Å². The fraction of sp³-hybridized carbons (Fsp3) is 0.154. The molecule has 0 radical (unpaired) electrons. The lowest BCUT2D eigenvalue weighted by molar-refractivity contribution is -0.113. The number of halogens is 1. The predicted octanol–water partition coefficient (Wildman–Crippen LogP) is 5.39. The van der Waals surface area contributed by atoms with Gasteiger partial charge in [0.1, 0.15) is 13.2 Å². The standard InChI is InChI=1S/C26H21ClN4O3/c1-15-23(25(32)29-18-7-3-2-6-17(18)27)24(16-10-11-21-22(14-16)34-13-12-33-21)31-20-9-5-4-8-19(20)30-26(31)28-15/h2-11,14,24H,12-13H2,1H3,(H,28,30)(H,29,32). The van der Waals surface area contributed by atoms with E-state index in [4.69, 9.17) is 26.1 Å². The van der Waals surface area contributed by atoms with Crippen LogP contribution in [0.1, 0.15) is 18.5 Å². The van der Waals surface area contributed by atoms with E-state index < -0.39 is 6.04 Å². The number of nitrogens with one attached hydrogen (secondary N) is 2. The van der Waals surface area contributed by atoms with Gasteiger partial charge in [0, 0.05) is 5.70 Å². The Morgan fingerprint density at radius 2 is 1.82 bits per heavy atom. The molecule has 34 heavy (non-hydrogen) atoms. The molecule has 0 aliphatic carbocycles. The second kappa shape index (κ2) is 8.11. The summed E-state index contributed by atoms with van der Waals surface area (Å²) in [4.78, 5) is 18.5. The number of hydrogen-bond donors (Lipinski definition) is 2. The zero-order valence-electron chi connectivity index (χ0n) is 18.3. The number of anilines is 2. The van der Waals surface area contributed by atoms with Crippen molar-refractivity contribution < 1.29 is 14.3 Å². The number of hydrogen-bond acceptors (Lipinski definition) is 5. The summed E-state index contributed by atoms with van der Waals surface area (Å²) in [5.74, 6) is 1.79. The van der Waals surface area contributed by atoms with Crippen molar-refractivity contribution in [3.8, 4) is 11.5 Å². The van der Waals surface area contributed by atoms with Gasteiger partial charge in [0.25, 0.3) is 5.91 Å². The highest BCUT2D eigenvalue weighted by atomic mass is 35.5. The Balaban J connectivity index is 1.52. The molecule has 170 valence electrons. The number of rotatable bonds is 3. The minimum atomic E-state index is -0.443. The molecule has 1 aromatic heterocycles. The summed E-state index contributed by atoms with van der Waals surface area (Å²) in [6.45, 7) is 2.88. The minimum Gasteiger partial charge on any atom is -0.486 e. The Morgan fingerprint density at radius 1 is 1.06 bits per heavy atom. The van der Waals surface area contributed by atoms with Crippen molar-refractivity contribution in [3.05, 3.63) is 88.6 Å². The first-order chi connectivity index (χ1) is 16.6. The highest BCUT2D eigenvalue weighted by Crippen LogP contribution is 2.42. The molecule has 1 unspecified atom stereocenters. The quantitative estimate of drug-likeness (QED) is 0.418. The molecular formula is C26H21ClN4O3. The van der Waals surface area contributed by atoms with E-state index in [2.05, 4.69) is 15.2 Å². The van der Waals surface area contributed by atoms with Gasteiger partial charge in [-0.25, -0.2) is 4.98 Å². The number of ether oxygens (including phenoxy) is 2. The fourth-order valence-corrected chi connectivity index (χ4v) is 4.74. The maximum atomic E-state index is 13.7. The Hall–Kier alpha value is -3.97. The van der Waals surface area contributed by atoms with E-state index in [1.165, 1.54) is 0 Å². The molecule has 7 nitrogen and oxygen atoms in total. The van der Waals surface area contributed by atoms with E-state index >= 15 is 0 Å². The summed E-state index contributed by atoms with van der Waals surface area (Å²) < 4.78 is 13.6. The van der Waals surface area contributed by atoms with Crippen molar-refractivity contribution in [1.29, 1.82) is 0 Å². The normalized spacial score (nSPS) is 16.7. The first-order valence-corrected chi connectivity index (χ1v) is 11.4. The Kier molecular flexibility index (Phi) is 4.92. The molecule has 8 heteroatoms. The molecule has 3 aromatic carbocycles. The second-order valence-corrected chi connectivity index (χ2v) is 8.60. The Morgan fingerprint density at radius 3 is 2.68 bits per heavy atom. The number of imidazole rings is 1. The summed E-state index contributed by atoms with van der Waals surface area (Å²) in [7, 11) is 0. The van der Waals surface area contributed by atoms with Crippen molar-refractivity contribution in [2.24, 2.45) is 0 Å². The molecule has 0 bridgehead atoms. The van der Waals surface area contributed by atoms with Gasteiger partial charge in [-0.3, -0.25) is 9.36 Å². The van der Waals surface area contributed by atoms with Crippen molar-refractivity contribution in [2.75, 3.05) is 23.8 Å². The second-order valence-electron chi connectivity index (χ2n) is 8.20. The molecule has 2 aliphatic heterocycles. The molecular weight excluding hydrogens is 452 g/mol. The molecule has 3 heterocycles. The summed E-state index contributed by atoms with van der Waals surface area (Å²) in [5.41, 5.74) is 4.48. The Bertz CT molecular complexity index is 1480. The summed E-state index contributed by atoms with van der Waals surface area (Å²) >= 11 is 6.33. The van der Waals surface area contributed by atoms with Gasteiger partial charge in [0.2, 0.25) is 5.95 Å². The lowest BCUT2D eigenvalue weighted by Gasteiger charge is -2.31. The summed E-state index contributed by atoms with van der Waals surface area (Å²) in [6.07, 6.45) is 0. The molecule has 1 amide bonds. The molecule has 6 rings (SSSR count). The number of aromatic nitrogens is 2. The molecule has 2 N–H and O–H groups in total. The van der Waals surface area contributed by atoms with Crippen LogP contribution >= 0.6 is 11.6 Å². The van der Waals surface area contributed by atoms with Crippen molar-refractivity contribution >= 4 is 40.2 Å². The van der Waals surface area contributed by atoms with Crippen LogP contribution in [0.4, 0.5) is 11.6 Å². The van der Waals surface area contributed by atoms with Crippen LogP contribution in [-0.2, 0) is 4.79 Å². The van der Waals surface area contributed by atoms with Crippen LogP contribution in [0.3, 0.4) is 0 Å². The number of amides is 1. The monoisotopic (exact) mass is 472 g/mol. The topological polar surface area (TPSA) is 77.4 Å². The molecule has 1 atom stereocenters. The van der Waals surface area contributed by atoms with Gasteiger partial charge in [-0.2, -0.15) is 0 Å². The third-order valence-electron chi connectivity index (χ3n) is 6.08. The molecule has 4 aromatic rings. The SMILES string of the molecule is CC1=C(C(=O)Nc2ccccc2Cl)C(c2ccc3c(c2)OCCO3)n2c(nc3ccccc32)N1. The van der Waals surface area contributed by atoms with Gasteiger partial charge in [0.15, 0.2) is 11.5 Å². The highest BCUT2D eigenvalue weighted by molar-refractivity contribution is 6.33. The van der Waals surface area contributed by atoms with Crippen LogP contribution in [0.15, 0.2) is 78.0 Å². The fourth-order valence-electron chi connectivity index (χ4n) is 4.56. The van der Waals surface area contributed by atoms with Gasteiger partial charge in [-0.15, -0.1) is 0 Å². The average molecular weight is 473 g/mol. The number of allylic oxidation sites excluding steroid dienone is 1. The van der Waals surface area contributed by atoms with E-state index in [-0.39, 0.29) is 5.91 Å². The number of carbonyl (C=O) groups is 1. The van der Waals surface area contributed by atoms with Gasteiger partial charge in [-0.1, -0.05) is 41.9 Å². The van der Waals surface area contributed by atoms with Gasteiger partial charge >= 0.3 is 0 Å². The van der Waals surface area contributed by atoms with E-state index in [9.17, 15) is 4.79 Å². The van der Waals surface area contributed by atoms with Gasteiger partial charge < -0.3 is 20.1 Å². The number of nitrogens with zero attached hydrogens (tertiary/aromatic N) is 2. The zero-order valence-corrected chi connectivity index (χ0v) is 19.1. The van der Waals surface area contributed by atoms with Crippen molar-refractivity contribution in [3.63, 3.8) is 0 Å². The lowest BCUT2D eigenvalue weighted by Crippen LogP contribution is -2.31. The average Bonchev–Trinajstić information content (AvgIpc) is 3.22. The highest BCUT2D eigenvalue weighted by Gasteiger charge is 2.35. The summed E-state index contributed by atoms with van der Waals surface area (Å²) in [5, 5.41) is 6.78. The lowest BCUT2D eigenvalue weighted by atomic mass is 9.93. The number of fused-ring (bicyclic) bond motifs is 4. The van der Waals surface area contributed by atoms with Crippen molar-refractivity contribution in [1.82, 2.24) is 9.55 Å². The first kappa shape index (κ1) is 20.6. The Labute approximate surface area is 201 Å². The van der Waals surface area contributed by atoms with E-state index in [0.29, 0.717) is 52.6 Å². The third-order valence-corrected chi connectivity index (χ3v) is 6.41. The minimum absolute atomic E-state index is 0.249. The number of para-hydroxylation sites is 3. The number of carbonyl (C=O) groups excluding carboxylic acids is 1. The molecule has 2 aliphatic rings.